The van der Waals surface area contributed by atoms with Gasteiger partial charge in [0.25, 0.3) is 5.91 Å². The highest BCUT2D eigenvalue weighted by molar-refractivity contribution is 6.44. The molecule has 2 aromatic rings. The molecule has 0 radical (unpaired) electrons. The molecule has 0 bridgehead atoms. The number of pyridine rings is 1. The van der Waals surface area contributed by atoms with Crippen molar-refractivity contribution in [2.45, 2.75) is 37.3 Å². The molecular formula is C23H25ClN6O3. The second-order valence-corrected chi connectivity index (χ2v) is 8.70. The molecule has 3 atom stereocenters. The highest BCUT2D eigenvalue weighted by Crippen LogP contribution is 2.41. The largest absolute Gasteiger partial charge is 0.374 e. The van der Waals surface area contributed by atoms with E-state index in [1.165, 1.54) is 18.5 Å². The van der Waals surface area contributed by atoms with Gasteiger partial charge in [0.15, 0.2) is 0 Å². The number of carbonyl (C=O) groups is 3. The van der Waals surface area contributed by atoms with E-state index in [1.54, 1.807) is 4.90 Å². The number of primary amides is 1. The van der Waals surface area contributed by atoms with Crippen molar-refractivity contribution in [3.63, 3.8) is 0 Å². The molecule has 1 aromatic carbocycles. The molecule has 1 saturated heterocycles. The van der Waals surface area contributed by atoms with Gasteiger partial charge in [0, 0.05) is 35.3 Å². The molecule has 10 heteroatoms. The Hall–Kier alpha value is -3.46. The summed E-state index contributed by atoms with van der Waals surface area (Å²) in [6.45, 7) is 0.409. The van der Waals surface area contributed by atoms with Crippen LogP contribution in [0, 0.1) is 5.41 Å². The zero-order valence-corrected chi connectivity index (χ0v) is 18.6. The summed E-state index contributed by atoms with van der Waals surface area (Å²) in [6, 6.07) is 8.67. The lowest BCUT2D eigenvalue weighted by Gasteiger charge is -2.24. The van der Waals surface area contributed by atoms with E-state index in [0.717, 1.165) is 18.4 Å². The van der Waals surface area contributed by atoms with Crippen molar-refractivity contribution in [2.75, 3.05) is 18.4 Å². The number of hydrogen-bond acceptors (Lipinski definition) is 6. The minimum atomic E-state index is -0.871. The minimum Gasteiger partial charge on any atom is -0.374 e. The smallest absolute Gasteiger partial charge is 0.267 e. The first-order valence-electron chi connectivity index (χ1n) is 10.8. The van der Waals surface area contributed by atoms with E-state index >= 15 is 0 Å². The highest BCUT2D eigenvalue weighted by Gasteiger charge is 2.42. The lowest BCUT2D eigenvalue weighted by Crippen LogP contribution is -2.48. The van der Waals surface area contributed by atoms with Gasteiger partial charge in [-0.3, -0.25) is 24.8 Å². The standard InChI is InChI=1S/C23H25ClN6O3/c24-14-5-3-13(4-6-14)16-10-17(16)29-23(33)19-2-1-9-30(19)20(31)12-28-18-11-27-8-7-15(18)21(25)22(26)32/h3-8,11,16-17,19,25,28H,1-2,9-10,12H2,(H2,26,32)(H,29,33). The molecule has 1 aromatic heterocycles. The first-order chi connectivity index (χ1) is 15.8. The van der Waals surface area contributed by atoms with Crippen LogP contribution in [0.1, 0.15) is 36.3 Å². The first-order valence-corrected chi connectivity index (χ1v) is 11.1. The fraction of sp³-hybridized carbons (Fsp3) is 0.348. The fourth-order valence-corrected chi connectivity index (χ4v) is 4.33. The van der Waals surface area contributed by atoms with Crippen LogP contribution < -0.4 is 16.4 Å². The number of rotatable bonds is 8. The summed E-state index contributed by atoms with van der Waals surface area (Å²) in [5.41, 5.74) is 6.60. The highest BCUT2D eigenvalue weighted by atomic mass is 35.5. The topological polar surface area (TPSA) is 141 Å². The number of amides is 3. The third-order valence-corrected chi connectivity index (χ3v) is 6.31. The fourth-order valence-electron chi connectivity index (χ4n) is 4.21. The van der Waals surface area contributed by atoms with Gasteiger partial charge in [-0.1, -0.05) is 23.7 Å². The zero-order valence-electron chi connectivity index (χ0n) is 17.9. The molecule has 5 N–H and O–H groups in total. The number of anilines is 1. The van der Waals surface area contributed by atoms with E-state index < -0.39 is 11.9 Å². The normalized spacial score (nSPS) is 21.4. The quantitative estimate of drug-likeness (QED) is 0.436. The van der Waals surface area contributed by atoms with Crippen molar-refractivity contribution < 1.29 is 14.4 Å². The number of likely N-dealkylation sites (tertiary alicyclic amines) is 1. The third kappa shape index (κ3) is 5.14. The van der Waals surface area contributed by atoms with Crippen molar-refractivity contribution >= 4 is 40.7 Å². The van der Waals surface area contributed by atoms with Gasteiger partial charge < -0.3 is 21.3 Å². The van der Waals surface area contributed by atoms with Crippen molar-refractivity contribution in [1.82, 2.24) is 15.2 Å². The summed E-state index contributed by atoms with van der Waals surface area (Å²) in [5.74, 6) is -0.982. The molecule has 1 saturated carbocycles. The van der Waals surface area contributed by atoms with E-state index in [4.69, 9.17) is 22.7 Å². The van der Waals surface area contributed by atoms with Crippen molar-refractivity contribution in [3.05, 3.63) is 58.9 Å². The van der Waals surface area contributed by atoms with E-state index in [0.29, 0.717) is 23.7 Å². The molecule has 3 unspecified atom stereocenters. The van der Waals surface area contributed by atoms with Crippen molar-refractivity contribution in [1.29, 1.82) is 5.41 Å². The van der Waals surface area contributed by atoms with Crippen LogP contribution in [0.2, 0.25) is 5.02 Å². The Balaban J connectivity index is 1.33. The SMILES string of the molecule is N=C(C(N)=O)c1ccncc1NCC(=O)N1CCCC1C(=O)NC1CC1c1ccc(Cl)cc1. The Morgan fingerprint density at radius 3 is 2.70 bits per heavy atom. The number of halogens is 1. The summed E-state index contributed by atoms with van der Waals surface area (Å²) in [5, 5.41) is 14.5. The summed E-state index contributed by atoms with van der Waals surface area (Å²) >= 11 is 5.95. The van der Waals surface area contributed by atoms with Gasteiger partial charge in [0.2, 0.25) is 11.8 Å². The summed E-state index contributed by atoms with van der Waals surface area (Å²) < 4.78 is 0. The van der Waals surface area contributed by atoms with E-state index in [2.05, 4.69) is 15.6 Å². The average molecular weight is 469 g/mol. The molecule has 4 rings (SSSR count). The van der Waals surface area contributed by atoms with Crippen molar-refractivity contribution in [2.24, 2.45) is 5.73 Å². The van der Waals surface area contributed by atoms with E-state index in [1.807, 2.05) is 24.3 Å². The van der Waals surface area contributed by atoms with E-state index in [-0.39, 0.29) is 41.6 Å². The maximum Gasteiger partial charge on any atom is 0.267 e. The molecule has 2 aliphatic rings. The van der Waals surface area contributed by atoms with Gasteiger partial charge in [0.1, 0.15) is 11.8 Å². The maximum absolute atomic E-state index is 12.9. The van der Waals surface area contributed by atoms with Gasteiger partial charge in [-0.15, -0.1) is 0 Å². The lowest BCUT2D eigenvalue weighted by atomic mass is 10.1. The number of nitrogens with zero attached hydrogens (tertiary/aromatic N) is 2. The predicted octanol–water partition coefficient (Wildman–Crippen LogP) is 1.66. The molecule has 1 aliphatic carbocycles. The predicted molar refractivity (Wildman–Crippen MR) is 124 cm³/mol. The van der Waals surface area contributed by atoms with Crippen LogP contribution in [0.3, 0.4) is 0 Å². The molecule has 9 nitrogen and oxygen atoms in total. The van der Waals surface area contributed by atoms with Crippen LogP contribution in [0.4, 0.5) is 5.69 Å². The number of hydrogen-bond donors (Lipinski definition) is 4. The maximum atomic E-state index is 12.9. The number of aromatic nitrogens is 1. The van der Waals surface area contributed by atoms with Gasteiger partial charge in [-0.25, -0.2) is 0 Å². The van der Waals surface area contributed by atoms with Crippen LogP contribution in [-0.2, 0) is 14.4 Å². The summed E-state index contributed by atoms with van der Waals surface area (Å²) in [7, 11) is 0. The number of nitrogens with two attached hydrogens (primary N) is 1. The number of carbonyl (C=O) groups excluding carboxylic acids is 3. The van der Waals surface area contributed by atoms with Crippen LogP contribution in [0.25, 0.3) is 0 Å². The van der Waals surface area contributed by atoms with E-state index in [9.17, 15) is 14.4 Å². The van der Waals surface area contributed by atoms with Gasteiger partial charge >= 0.3 is 0 Å². The Morgan fingerprint density at radius 2 is 1.97 bits per heavy atom. The first kappa shape index (κ1) is 22.7. The number of benzene rings is 1. The lowest BCUT2D eigenvalue weighted by molar-refractivity contribution is -0.137. The Kier molecular flexibility index (Phi) is 6.60. The summed E-state index contributed by atoms with van der Waals surface area (Å²) in [6.07, 6.45) is 5.10. The second kappa shape index (κ2) is 9.58. The molecule has 3 amide bonds. The molecule has 0 spiro atoms. The molecule has 33 heavy (non-hydrogen) atoms. The van der Waals surface area contributed by atoms with Gasteiger partial charge in [-0.2, -0.15) is 0 Å². The Labute approximate surface area is 196 Å². The van der Waals surface area contributed by atoms with Crippen LogP contribution in [-0.4, -0.2) is 58.5 Å². The second-order valence-electron chi connectivity index (χ2n) is 8.27. The van der Waals surface area contributed by atoms with Crippen LogP contribution >= 0.6 is 11.6 Å². The average Bonchev–Trinajstić information content (AvgIpc) is 3.38. The molecular weight excluding hydrogens is 444 g/mol. The number of nitrogens with one attached hydrogen (secondary N) is 3. The van der Waals surface area contributed by atoms with Crippen molar-refractivity contribution in [3.8, 4) is 0 Å². The third-order valence-electron chi connectivity index (χ3n) is 6.06. The van der Waals surface area contributed by atoms with Crippen LogP contribution in [0.5, 0.6) is 0 Å². The zero-order chi connectivity index (χ0) is 23.5. The molecule has 1 aliphatic heterocycles. The molecule has 172 valence electrons. The minimum absolute atomic E-state index is 0.0621. The van der Waals surface area contributed by atoms with Gasteiger partial charge in [-0.05, 0) is 43.0 Å². The monoisotopic (exact) mass is 468 g/mol. The molecule has 2 heterocycles. The Morgan fingerprint density at radius 1 is 1.21 bits per heavy atom. The van der Waals surface area contributed by atoms with Gasteiger partial charge in [0.05, 0.1) is 18.4 Å². The summed E-state index contributed by atoms with van der Waals surface area (Å²) in [4.78, 5) is 42.7. The van der Waals surface area contributed by atoms with Crippen LogP contribution in [0.15, 0.2) is 42.7 Å². The molecule has 2 fully saturated rings. The Bertz CT molecular complexity index is 1090.